The molecule has 0 aliphatic carbocycles. The van der Waals surface area contributed by atoms with Crippen molar-refractivity contribution < 1.29 is 14.3 Å². The van der Waals surface area contributed by atoms with Crippen LogP contribution in [0.2, 0.25) is 0 Å². The molecule has 0 bridgehead atoms. The van der Waals surface area contributed by atoms with Crippen molar-refractivity contribution in [2.24, 2.45) is 0 Å². The van der Waals surface area contributed by atoms with E-state index in [2.05, 4.69) is 10.1 Å². The van der Waals surface area contributed by atoms with E-state index in [4.69, 9.17) is 9.47 Å². The Balaban J connectivity index is 2.49. The maximum Gasteiger partial charge on any atom is 0.337 e. The molecule has 0 saturated heterocycles. The summed E-state index contributed by atoms with van der Waals surface area (Å²) in [5.74, 6) is 0.720. The molecule has 0 N–H and O–H groups in total. The zero-order chi connectivity index (χ0) is 14.7. The van der Waals surface area contributed by atoms with Crippen molar-refractivity contribution in [3.8, 4) is 17.1 Å². The first-order chi connectivity index (χ1) is 9.56. The van der Waals surface area contributed by atoms with Gasteiger partial charge in [-0.25, -0.2) is 14.5 Å². The van der Waals surface area contributed by atoms with Crippen LogP contribution in [0, 0.1) is 0 Å². The number of carbonyl (C=O) groups excluding carboxylic acids is 1. The Kier molecular flexibility index (Phi) is 4.02. The number of rotatable bonds is 4. The van der Waals surface area contributed by atoms with Crippen LogP contribution in [0.4, 0.5) is 0 Å². The molecule has 2 aromatic rings. The zero-order valence-electron chi connectivity index (χ0n) is 12.0. The minimum absolute atomic E-state index is 0.214. The molecular formula is C14H17N3O3. The monoisotopic (exact) mass is 275 g/mol. The third-order valence-corrected chi connectivity index (χ3v) is 2.90. The Bertz CT molecular complexity index is 620. The lowest BCUT2D eigenvalue weighted by molar-refractivity contribution is 0.0601. The molecule has 1 aromatic carbocycles. The molecule has 6 heteroatoms. The molecule has 1 heterocycles. The molecule has 106 valence electrons. The number of benzene rings is 1. The van der Waals surface area contributed by atoms with Crippen LogP contribution in [0.15, 0.2) is 24.5 Å². The smallest absolute Gasteiger partial charge is 0.337 e. The van der Waals surface area contributed by atoms with Crippen molar-refractivity contribution in [3.63, 3.8) is 0 Å². The van der Waals surface area contributed by atoms with Crippen molar-refractivity contribution in [1.82, 2.24) is 14.8 Å². The number of aromatic nitrogens is 3. The fraction of sp³-hybridized carbons (Fsp3) is 0.357. The molecule has 0 radical (unpaired) electrons. The van der Waals surface area contributed by atoms with Gasteiger partial charge in [-0.1, -0.05) is 0 Å². The third kappa shape index (κ3) is 2.64. The summed E-state index contributed by atoms with van der Waals surface area (Å²) >= 11 is 0. The van der Waals surface area contributed by atoms with Crippen molar-refractivity contribution in [2.45, 2.75) is 19.9 Å². The summed E-state index contributed by atoms with van der Waals surface area (Å²) in [6, 6.07) is 5.24. The van der Waals surface area contributed by atoms with Gasteiger partial charge in [0.25, 0.3) is 0 Å². The lowest BCUT2D eigenvalue weighted by Gasteiger charge is -2.08. The molecule has 0 saturated carbocycles. The minimum Gasteiger partial charge on any atom is -0.496 e. The summed E-state index contributed by atoms with van der Waals surface area (Å²) in [4.78, 5) is 15.9. The average Bonchev–Trinajstić information content (AvgIpc) is 2.95. The average molecular weight is 275 g/mol. The molecule has 0 spiro atoms. The highest BCUT2D eigenvalue weighted by atomic mass is 16.5. The van der Waals surface area contributed by atoms with Crippen LogP contribution in [0.1, 0.15) is 30.2 Å². The van der Waals surface area contributed by atoms with Crippen molar-refractivity contribution in [3.05, 3.63) is 30.1 Å². The van der Waals surface area contributed by atoms with E-state index in [1.54, 1.807) is 36.3 Å². The maximum absolute atomic E-state index is 11.6. The first kappa shape index (κ1) is 14.0. The standard InChI is InChI=1S/C14H17N3O3/c1-9(2)17-8-15-13(16-17)11-7-10(14(18)20-4)5-6-12(11)19-3/h5-9H,1-4H3. The summed E-state index contributed by atoms with van der Waals surface area (Å²) in [6.07, 6.45) is 1.66. The number of hydrogen-bond donors (Lipinski definition) is 0. The SMILES string of the molecule is COC(=O)c1ccc(OC)c(-c2ncn(C(C)C)n2)c1. The van der Waals surface area contributed by atoms with Gasteiger partial charge in [-0.3, -0.25) is 0 Å². The molecule has 20 heavy (non-hydrogen) atoms. The Morgan fingerprint density at radius 3 is 2.60 bits per heavy atom. The van der Waals surface area contributed by atoms with E-state index in [1.165, 1.54) is 7.11 Å². The molecule has 1 aromatic heterocycles. The van der Waals surface area contributed by atoms with Gasteiger partial charge in [-0.2, -0.15) is 5.10 Å². The van der Waals surface area contributed by atoms with Crippen molar-refractivity contribution in [2.75, 3.05) is 14.2 Å². The largest absolute Gasteiger partial charge is 0.496 e. The molecule has 0 amide bonds. The number of ether oxygens (including phenoxy) is 2. The number of hydrogen-bond acceptors (Lipinski definition) is 5. The van der Waals surface area contributed by atoms with E-state index in [-0.39, 0.29) is 6.04 Å². The first-order valence-electron chi connectivity index (χ1n) is 6.24. The highest BCUT2D eigenvalue weighted by Crippen LogP contribution is 2.28. The summed E-state index contributed by atoms with van der Waals surface area (Å²) in [5.41, 5.74) is 1.10. The quantitative estimate of drug-likeness (QED) is 0.801. The van der Waals surface area contributed by atoms with Crippen LogP contribution in [0.5, 0.6) is 5.75 Å². The van der Waals surface area contributed by atoms with E-state index in [0.717, 1.165) is 0 Å². The highest BCUT2D eigenvalue weighted by molar-refractivity contribution is 5.91. The van der Waals surface area contributed by atoms with Crippen LogP contribution >= 0.6 is 0 Å². The second-order valence-corrected chi connectivity index (χ2v) is 4.55. The fourth-order valence-corrected chi connectivity index (χ4v) is 1.77. The molecule has 6 nitrogen and oxygen atoms in total. The first-order valence-corrected chi connectivity index (χ1v) is 6.24. The second kappa shape index (κ2) is 5.73. The van der Waals surface area contributed by atoms with Crippen LogP contribution in [0.25, 0.3) is 11.4 Å². The van der Waals surface area contributed by atoms with Gasteiger partial charge in [0.05, 0.1) is 25.3 Å². The van der Waals surface area contributed by atoms with E-state index in [1.807, 2.05) is 13.8 Å². The second-order valence-electron chi connectivity index (χ2n) is 4.55. The number of nitrogens with zero attached hydrogens (tertiary/aromatic N) is 3. The van der Waals surface area contributed by atoms with Crippen molar-refractivity contribution >= 4 is 5.97 Å². The Labute approximate surface area is 117 Å². The van der Waals surface area contributed by atoms with Gasteiger partial charge in [0.15, 0.2) is 5.82 Å². The Morgan fingerprint density at radius 1 is 1.30 bits per heavy atom. The topological polar surface area (TPSA) is 66.2 Å². The zero-order valence-corrected chi connectivity index (χ0v) is 12.0. The molecular weight excluding hydrogens is 258 g/mol. The number of methoxy groups -OCH3 is 2. The van der Waals surface area contributed by atoms with E-state index >= 15 is 0 Å². The lowest BCUT2D eigenvalue weighted by atomic mass is 10.1. The minimum atomic E-state index is -0.405. The van der Waals surface area contributed by atoms with Gasteiger partial charge in [0.2, 0.25) is 0 Å². The van der Waals surface area contributed by atoms with Gasteiger partial charge in [-0.15, -0.1) is 0 Å². The highest BCUT2D eigenvalue weighted by Gasteiger charge is 2.15. The predicted octanol–water partition coefficient (Wildman–Crippen LogP) is 2.32. The third-order valence-electron chi connectivity index (χ3n) is 2.90. The van der Waals surface area contributed by atoms with Gasteiger partial charge in [0, 0.05) is 6.04 Å². The van der Waals surface area contributed by atoms with Crippen LogP contribution in [0.3, 0.4) is 0 Å². The van der Waals surface area contributed by atoms with Gasteiger partial charge in [-0.05, 0) is 32.0 Å². The van der Waals surface area contributed by atoms with Crippen molar-refractivity contribution in [1.29, 1.82) is 0 Å². The normalized spacial score (nSPS) is 10.7. The summed E-state index contributed by atoms with van der Waals surface area (Å²) in [5, 5.41) is 4.39. The Morgan fingerprint density at radius 2 is 2.05 bits per heavy atom. The number of carbonyl (C=O) groups is 1. The summed E-state index contributed by atoms with van der Waals surface area (Å²) < 4.78 is 11.8. The van der Waals surface area contributed by atoms with E-state index in [0.29, 0.717) is 22.7 Å². The van der Waals surface area contributed by atoms with Crippen LogP contribution < -0.4 is 4.74 Å². The molecule has 2 rings (SSSR count). The van der Waals surface area contributed by atoms with Gasteiger partial charge in [0.1, 0.15) is 12.1 Å². The molecule has 0 aliphatic rings. The van der Waals surface area contributed by atoms with Gasteiger partial charge >= 0.3 is 5.97 Å². The van der Waals surface area contributed by atoms with Gasteiger partial charge < -0.3 is 9.47 Å². The fourth-order valence-electron chi connectivity index (χ4n) is 1.77. The van der Waals surface area contributed by atoms with E-state index < -0.39 is 5.97 Å². The molecule has 0 unspecified atom stereocenters. The van der Waals surface area contributed by atoms with Crippen LogP contribution in [-0.2, 0) is 4.74 Å². The lowest BCUT2D eigenvalue weighted by Crippen LogP contribution is -2.03. The van der Waals surface area contributed by atoms with E-state index in [9.17, 15) is 4.79 Å². The number of esters is 1. The maximum atomic E-state index is 11.6. The summed E-state index contributed by atoms with van der Waals surface area (Å²) in [7, 11) is 2.91. The molecule has 0 fully saturated rings. The summed E-state index contributed by atoms with van der Waals surface area (Å²) in [6.45, 7) is 4.03. The molecule has 0 atom stereocenters. The predicted molar refractivity (Wildman–Crippen MR) is 73.7 cm³/mol. The Hall–Kier alpha value is -2.37. The van der Waals surface area contributed by atoms with Crippen LogP contribution in [-0.4, -0.2) is 35.0 Å². The molecule has 0 aliphatic heterocycles.